The first kappa shape index (κ1) is 17.6. The summed E-state index contributed by atoms with van der Waals surface area (Å²) in [5.74, 6) is -1.90. The molecule has 2 rings (SSSR count). The van der Waals surface area contributed by atoms with E-state index in [9.17, 15) is 22.4 Å². The molecular formula is C13H8Cl2F4N2O2. The highest BCUT2D eigenvalue weighted by atomic mass is 35.5. The molecule has 0 bridgehead atoms. The van der Waals surface area contributed by atoms with Gasteiger partial charge in [0.2, 0.25) is 0 Å². The molecule has 0 N–H and O–H groups in total. The van der Waals surface area contributed by atoms with Crippen LogP contribution >= 0.6 is 23.2 Å². The molecule has 0 amide bonds. The van der Waals surface area contributed by atoms with Crippen LogP contribution in [0, 0.1) is 5.82 Å². The van der Waals surface area contributed by atoms with Crippen molar-refractivity contribution in [3.05, 3.63) is 33.7 Å². The van der Waals surface area contributed by atoms with Crippen LogP contribution in [0.2, 0.25) is 10.0 Å². The molecule has 2 aromatic rings. The second-order valence-electron chi connectivity index (χ2n) is 4.49. The number of alkyl halides is 3. The molecule has 0 atom stereocenters. The van der Waals surface area contributed by atoms with E-state index in [1.807, 2.05) is 0 Å². The fourth-order valence-corrected chi connectivity index (χ4v) is 2.48. The van der Waals surface area contributed by atoms with Crippen LogP contribution in [0.4, 0.5) is 17.6 Å². The molecule has 4 nitrogen and oxygen atoms in total. The van der Waals surface area contributed by atoms with Crippen LogP contribution in [0.1, 0.15) is 12.6 Å². The minimum Gasteiger partial charge on any atom is -0.425 e. The molecule has 0 unspecified atom stereocenters. The fourth-order valence-electron chi connectivity index (χ4n) is 1.92. The van der Waals surface area contributed by atoms with Crippen LogP contribution < -0.4 is 4.74 Å². The summed E-state index contributed by atoms with van der Waals surface area (Å²) in [6.07, 6.45) is -4.77. The number of halogens is 6. The molecular weight excluding hydrogens is 363 g/mol. The lowest BCUT2D eigenvalue weighted by Gasteiger charge is -2.08. The van der Waals surface area contributed by atoms with Crippen molar-refractivity contribution in [3.8, 4) is 17.0 Å². The lowest BCUT2D eigenvalue weighted by molar-refractivity contribution is -0.143. The number of aromatic nitrogens is 2. The van der Waals surface area contributed by atoms with Crippen LogP contribution in [0.3, 0.4) is 0 Å². The van der Waals surface area contributed by atoms with Crippen LogP contribution in [-0.4, -0.2) is 15.7 Å². The molecule has 23 heavy (non-hydrogen) atoms. The predicted octanol–water partition coefficient (Wildman–Crippen LogP) is 4.48. The van der Waals surface area contributed by atoms with E-state index in [0.29, 0.717) is 4.68 Å². The molecule has 0 spiro atoms. The molecule has 0 fully saturated rings. The van der Waals surface area contributed by atoms with E-state index < -0.39 is 34.4 Å². The van der Waals surface area contributed by atoms with Crippen LogP contribution in [-0.2, 0) is 18.0 Å². The highest BCUT2D eigenvalue weighted by molar-refractivity contribution is 6.34. The highest BCUT2D eigenvalue weighted by Crippen LogP contribution is 2.41. The van der Waals surface area contributed by atoms with Crippen molar-refractivity contribution in [1.29, 1.82) is 0 Å². The second-order valence-corrected chi connectivity index (χ2v) is 5.27. The van der Waals surface area contributed by atoms with E-state index in [2.05, 4.69) is 5.10 Å². The summed E-state index contributed by atoms with van der Waals surface area (Å²) in [7, 11) is 1.03. The predicted molar refractivity (Wildman–Crippen MR) is 74.9 cm³/mol. The van der Waals surface area contributed by atoms with E-state index in [-0.39, 0.29) is 16.3 Å². The van der Waals surface area contributed by atoms with Gasteiger partial charge in [-0.05, 0) is 12.1 Å². The van der Waals surface area contributed by atoms with Crippen molar-refractivity contribution in [1.82, 2.24) is 9.78 Å². The summed E-state index contributed by atoms with van der Waals surface area (Å²) < 4.78 is 58.1. The van der Waals surface area contributed by atoms with Crippen molar-refractivity contribution in [2.24, 2.45) is 7.05 Å². The average molecular weight is 371 g/mol. The molecule has 10 heteroatoms. The molecule has 0 aliphatic rings. The summed E-state index contributed by atoms with van der Waals surface area (Å²) in [4.78, 5) is 11.0. The number of aryl methyl sites for hydroxylation is 1. The minimum atomic E-state index is -4.77. The zero-order chi connectivity index (χ0) is 17.5. The molecule has 0 aliphatic carbocycles. The Morgan fingerprint density at radius 2 is 1.91 bits per heavy atom. The summed E-state index contributed by atoms with van der Waals surface area (Å²) >= 11 is 11.4. The zero-order valence-electron chi connectivity index (χ0n) is 11.6. The van der Waals surface area contributed by atoms with Crippen molar-refractivity contribution < 1.29 is 27.1 Å². The SMILES string of the molecule is CC(=O)Oc1cc(-c2nn(C)c(C(F)(F)F)c2Cl)c(F)cc1Cl. The third kappa shape index (κ3) is 3.42. The Morgan fingerprint density at radius 3 is 2.39 bits per heavy atom. The Bertz CT molecular complexity index is 787. The van der Waals surface area contributed by atoms with Gasteiger partial charge in [-0.1, -0.05) is 23.2 Å². The Hall–Kier alpha value is -1.80. The largest absolute Gasteiger partial charge is 0.434 e. The Kier molecular flexibility index (Phi) is 4.59. The number of ether oxygens (including phenoxy) is 1. The third-order valence-corrected chi connectivity index (χ3v) is 3.44. The van der Waals surface area contributed by atoms with Crippen LogP contribution in [0.5, 0.6) is 5.75 Å². The van der Waals surface area contributed by atoms with Gasteiger partial charge in [-0.25, -0.2) is 4.39 Å². The van der Waals surface area contributed by atoms with Gasteiger partial charge in [-0.3, -0.25) is 9.48 Å². The van der Waals surface area contributed by atoms with Gasteiger partial charge in [0.15, 0.2) is 5.69 Å². The lowest BCUT2D eigenvalue weighted by atomic mass is 10.1. The van der Waals surface area contributed by atoms with E-state index in [4.69, 9.17) is 27.9 Å². The quantitative estimate of drug-likeness (QED) is 0.444. The van der Waals surface area contributed by atoms with Gasteiger partial charge < -0.3 is 4.74 Å². The van der Waals surface area contributed by atoms with Gasteiger partial charge in [0.25, 0.3) is 0 Å². The van der Waals surface area contributed by atoms with Gasteiger partial charge in [-0.2, -0.15) is 18.3 Å². The molecule has 124 valence electrons. The van der Waals surface area contributed by atoms with Gasteiger partial charge in [-0.15, -0.1) is 0 Å². The monoisotopic (exact) mass is 370 g/mol. The number of hydrogen-bond donors (Lipinski definition) is 0. The van der Waals surface area contributed by atoms with Gasteiger partial charge in [0.05, 0.1) is 10.0 Å². The maximum Gasteiger partial charge on any atom is 0.434 e. The first-order chi connectivity index (χ1) is 10.5. The third-order valence-electron chi connectivity index (χ3n) is 2.79. The van der Waals surface area contributed by atoms with E-state index in [1.165, 1.54) is 0 Å². The Balaban J connectivity index is 2.66. The number of carbonyl (C=O) groups excluding carboxylic acids is 1. The second kappa shape index (κ2) is 6.01. The Labute approximate surface area is 137 Å². The standard InChI is InChI=1S/C13H8Cl2F4N2O2/c1-5(22)23-9-3-6(8(16)4-7(9)14)11-10(15)12(13(17,18)19)21(2)20-11/h3-4H,1-2H3. The normalized spacial score (nSPS) is 11.7. The summed E-state index contributed by atoms with van der Waals surface area (Å²) in [6, 6.07) is 1.76. The summed E-state index contributed by atoms with van der Waals surface area (Å²) in [5, 5.41) is 2.61. The van der Waals surface area contributed by atoms with Crippen molar-refractivity contribution in [3.63, 3.8) is 0 Å². The number of rotatable bonds is 2. The zero-order valence-corrected chi connectivity index (χ0v) is 13.1. The highest BCUT2D eigenvalue weighted by Gasteiger charge is 2.39. The summed E-state index contributed by atoms with van der Waals surface area (Å²) in [5.41, 5.74) is -2.04. The minimum absolute atomic E-state index is 0.217. The molecule has 0 aliphatic heterocycles. The van der Waals surface area contributed by atoms with Crippen molar-refractivity contribution >= 4 is 29.2 Å². The first-order valence-corrected chi connectivity index (χ1v) is 6.75. The topological polar surface area (TPSA) is 44.1 Å². The van der Waals surface area contributed by atoms with Crippen LogP contribution in [0.25, 0.3) is 11.3 Å². The summed E-state index contributed by atoms with van der Waals surface area (Å²) in [6.45, 7) is 1.09. The molecule has 1 heterocycles. The number of hydrogen-bond acceptors (Lipinski definition) is 3. The Morgan fingerprint density at radius 1 is 1.30 bits per heavy atom. The van der Waals surface area contributed by atoms with Gasteiger partial charge >= 0.3 is 12.1 Å². The number of carbonyl (C=O) groups is 1. The number of esters is 1. The van der Waals surface area contributed by atoms with E-state index in [0.717, 1.165) is 26.1 Å². The number of nitrogens with zero attached hydrogens (tertiary/aromatic N) is 2. The van der Waals surface area contributed by atoms with Gasteiger partial charge in [0, 0.05) is 19.5 Å². The van der Waals surface area contributed by atoms with E-state index in [1.54, 1.807) is 0 Å². The number of benzene rings is 1. The van der Waals surface area contributed by atoms with Gasteiger partial charge in [0.1, 0.15) is 17.3 Å². The van der Waals surface area contributed by atoms with Crippen molar-refractivity contribution in [2.75, 3.05) is 0 Å². The maximum atomic E-state index is 14.1. The lowest BCUT2D eigenvalue weighted by Crippen LogP contribution is -2.12. The first-order valence-electron chi connectivity index (χ1n) is 6.00. The average Bonchev–Trinajstić information content (AvgIpc) is 2.67. The molecule has 1 aromatic carbocycles. The fraction of sp³-hybridized carbons (Fsp3) is 0.231. The van der Waals surface area contributed by atoms with Crippen molar-refractivity contribution in [2.45, 2.75) is 13.1 Å². The molecule has 1 aromatic heterocycles. The van der Waals surface area contributed by atoms with Crippen LogP contribution in [0.15, 0.2) is 12.1 Å². The molecule has 0 saturated heterocycles. The molecule has 0 radical (unpaired) electrons. The smallest absolute Gasteiger partial charge is 0.425 e. The maximum absolute atomic E-state index is 14.1. The molecule has 0 saturated carbocycles. The van der Waals surface area contributed by atoms with E-state index >= 15 is 0 Å².